The molecule has 1 aromatic carbocycles. The van der Waals surface area contributed by atoms with Crippen molar-refractivity contribution in [2.24, 2.45) is 0 Å². The molecule has 0 spiro atoms. The summed E-state index contributed by atoms with van der Waals surface area (Å²) < 4.78 is 1.89. The van der Waals surface area contributed by atoms with Gasteiger partial charge in [0.2, 0.25) is 0 Å². The standard InChI is InChI=1S/C16H19NO3/c1-3-5-6-17-9-12(10-18)13-7-11(4-2)8-14(15(13)17)16(19)20/h7-10H,3-6H2,1-2H3,(H,19,20). The Labute approximate surface area is 118 Å². The van der Waals surface area contributed by atoms with E-state index in [1.807, 2.05) is 17.6 Å². The van der Waals surface area contributed by atoms with Gasteiger partial charge in [0.25, 0.3) is 0 Å². The molecule has 2 rings (SSSR count). The number of benzene rings is 1. The monoisotopic (exact) mass is 273 g/mol. The van der Waals surface area contributed by atoms with Gasteiger partial charge in [0, 0.05) is 23.7 Å². The van der Waals surface area contributed by atoms with Gasteiger partial charge in [-0.1, -0.05) is 20.3 Å². The molecule has 0 radical (unpaired) electrons. The van der Waals surface area contributed by atoms with Crippen LogP contribution in [0.5, 0.6) is 0 Å². The highest BCUT2D eigenvalue weighted by Gasteiger charge is 2.17. The van der Waals surface area contributed by atoms with E-state index in [0.29, 0.717) is 11.1 Å². The van der Waals surface area contributed by atoms with Crippen molar-refractivity contribution in [1.82, 2.24) is 4.57 Å². The molecule has 4 heteroatoms. The summed E-state index contributed by atoms with van der Waals surface area (Å²) >= 11 is 0. The summed E-state index contributed by atoms with van der Waals surface area (Å²) in [7, 11) is 0. The number of unbranched alkanes of at least 4 members (excludes halogenated alkanes) is 1. The van der Waals surface area contributed by atoms with Crippen LogP contribution < -0.4 is 0 Å². The van der Waals surface area contributed by atoms with Crippen LogP contribution >= 0.6 is 0 Å². The minimum atomic E-state index is -0.946. The zero-order valence-electron chi connectivity index (χ0n) is 11.8. The maximum Gasteiger partial charge on any atom is 0.337 e. The Morgan fingerprint density at radius 1 is 1.35 bits per heavy atom. The number of aromatic nitrogens is 1. The van der Waals surface area contributed by atoms with Crippen LogP contribution in [0.25, 0.3) is 10.9 Å². The van der Waals surface area contributed by atoms with E-state index in [1.165, 1.54) is 0 Å². The first-order valence-corrected chi connectivity index (χ1v) is 6.96. The smallest absolute Gasteiger partial charge is 0.337 e. The van der Waals surface area contributed by atoms with Crippen molar-refractivity contribution in [2.45, 2.75) is 39.7 Å². The predicted molar refractivity (Wildman–Crippen MR) is 78.6 cm³/mol. The van der Waals surface area contributed by atoms with E-state index in [1.54, 1.807) is 12.3 Å². The molecule has 0 aliphatic carbocycles. The minimum Gasteiger partial charge on any atom is -0.478 e. The summed E-state index contributed by atoms with van der Waals surface area (Å²) in [5.74, 6) is -0.946. The van der Waals surface area contributed by atoms with E-state index in [-0.39, 0.29) is 5.56 Å². The summed E-state index contributed by atoms with van der Waals surface area (Å²) in [5, 5.41) is 10.2. The Morgan fingerprint density at radius 3 is 2.65 bits per heavy atom. The summed E-state index contributed by atoms with van der Waals surface area (Å²) in [4.78, 5) is 22.7. The van der Waals surface area contributed by atoms with Crippen molar-refractivity contribution in [3.05, 3.63) is 35.0 Å². The molecule has 1 heterocycles. The summed E-state index contributed by atoms with van der Waals surface area (Å²) in [6, 6.07) is 3.63. The number of nitrogens with zero attached hydrogens (tertiary/aromatic N) is 1. The highest BCUT2D eigenvalue weighted by Crippen LogP contribution is 2.27. The number of aromatic carboxylic acids is 1. The second-order valence-electron chi connectivity index (χ2n) is 4.95. The average Bonchev–Trinajstić information content (AvgIpc) is 2.81. The highest BCUT2D eigenvalue weighted by molar-refractivity contribution is 6.07. The van der Waals surface area contributed by atoms with Crippen molar-refractivity contribution >= 4 is 23.2 Å². The van der Waals surface area contributed by atoms with E-state index in [4.69, 9.17) is 0 Å². The average molecular weight is 273 g/mol. The van der Waals surface area contributed by atoms with Gasteiger partial charge in [0.15, 0.2) is 6.29 Å². The van der Waals surface area contributed by atoms with Gasteiger partial charge in [-0.15, -0.1) is 0 Å². The zero-order valence-corrected chi connectivity index (χ0v) is 11.8. The molecule has 106 valence electrons. The van der Waals surface area contributed by atoms with Crippen LogP contribution in [0.15, 0.2) is 18.3 Å². The molecular formula is C16H19NO3. The SMILES string of the molecule is CCCCn1cc(C=O)c2cc(CC)cc(C(=O)O)c21. The number of aldehydes is 1. The lowest BCUT2D eigenvalue weighted by atomic mass is 10.0. The maximum absolute atomic E-state index is 11.5. The fraction of sp³-hybridized carbons (Fsp3) is 0.375. The molecule has 20 heavy (non-hydrogen) atoms. The fourth-order valence-electron chi connectivity index (χ4n) is 2.49. The highest BCUT2D eigenvalue weighted by atomic mass is 16.4. The molecule has 0 fully saturated rings. The lowest BCUT2D eigenvalue weighted by Gasteiger charge is -2.08. The van der Waals surface area contributed by atoms with Crippen LogP contribution in [0.3, 0.4) is 0 Å². The largest absolute Gasteiger partial charge is 0.478 e. The van der Waals surface area contributed by atoms with Gasteiger partial charge in [0.1, 0.15) is 0 Å². The van der Waals surface area contributed by atoms with Crippen molar-refractivity contribution in [1.29, 1.82) is 0 Å². The van der Waals surface area contributed by atoms with Gasteiger partial charge >= 0.3 is 5.97 Å². The number of carboxylic acids is 1. The van der Waals surface area contributed by atoms with Crippen LogP contribution in [0, 0.1) is 0 Å². The van der Waals surface area contributed by atoms with Gasteiger partial charge in [-0.25, -0.2) is 4.79 Å². The maximum atomic E-state index is 11.5. The first-order chi connectivity index (χ1) is 9.62. The molecule has 4 nitrogen and oxygen atoms in total. The van der Waals surface area contributed by atoms with Crippen molar-refractivity contribution in [3.63, 3.8) is 0 Å². The number of rotatable bonds is 6. The number of carbonyl (C=O) groups is 2. The molecule has 0 saturated carbocycles. The van der Waals surface area contributed by atoms with Crippen molar-refractivity contribution < 1.29 is 14.7 Å². The predicted octanol–water partition coefficient (Wildman–Crippen LogP) is 3.51. The Bertz CT molecular complexity index is 655. The number of carbonyl (C=O) groups excluding carboxylic acids is 1. The molecule has 0 aliphatic rings. The van der Waals surface area contributed by atoms with Gasteiger partial charge < -0.3 is 9.67 Å². The number of aryl methyl sites for hydroxylation is 2. The Balaban J connectivity index is 2.75. The molecule has 0 saturated heterocycles. The Morgan fingerprint density at radius 2 is 2.10 bits per heavy atom. The quantitative estimate of drug-likeness (QED) is 0.819. The van der Waals surface area contributed by atoms with Crippen molar-refractivity contribution in [3.8, 4) is 0 Å². The van der Waals surface area contributed by atoms with Crippen LogP contribution in [-0.2, 0) is 13.0 Å². The second kappa shape index (κ2) is 5.90. The molecule has 2 aromatic rings. The van der Waals surface area contributed by atoms with Crippen LogP contribution in [-0.4, -0.2) is 21.9 Å². The molecule has 1 aromatic heterocycles. The normalized spacial score (nSPS) is 10.9. The first-order valence-electron chi connectivity index (χ1n) is 6.96. The van der Waals surface area contributed by atoms with E-state index in [9.17, 15) is 14.7 Å². The number of fused-ring (bicyclic) bond motifs is 1. The zero-order chi connectivity index (χ0) is 14.7. The lowest BCUT2D eigenvalue weighted by Crippen LogP contribution is -2.04. The van der Waals surface area contributed by atoms with E-state index in [0.717, 1.165) is 43.0 Å². The summed E-state index contributed by atoms with van der Waals surface area (Å²) in [6.07, 6.45) is 5.28. The third-order valence-corrected chi connectivity index (χ3v) is 3.58. The third-order valence-electron chi connectivity index (χ3n) is 3.58. The lowest BCUT2D eigenvalue weighted by molar-refractivity contribution is 0.0698. The molecule has 0 atom stereocenters. The molecule has 0 amide bonds. The molecule has 0 unspecified atom stereocenters. The van der Waals surface area contributed by atoms with Gasteiger partial charge in [-0.05, 0) is 30.5 Å². The van der Waals surface area contributed by atoms with Crippen LogP contribution in [0.1, 0.15) is 53.0 Å². The summed E-state index contributed by atoms with van der Waals surface area (Å²) in [6.45, 7) is 4.79. The molecule has 1 N–H and O–H groups in total. The Hall–Kier alpha value is -2.10. The second-order valence-corrected chi connectivity index (χ2v) is 4.95. The van der Waals surface area contributed by atoms with Crippen LogP contribution in [0.4, 0.5) is 0 Å². The van der Waals surface area contributed by atoms with Gasteiger partial charge in [-0.3, -0.25) is 4.79 Å². The van der Waals surface area contributed by atoms with E-state index >= 15 is 0 Å². The molecule has 0 aliphatic heterocycles. The minimum absolute atomic E-state index is 0.281. The van der Waals surface area contributed by atoms with Gasteiger partial charge in [0.05, 0.1) is 11.1 Å². The molecule has 0 bridgehead atoms. The summed E-state index contributed by atoms with van der Waals surface area (Å²) in [5.41, 5.74) is 2.44. The fourth-order valence-corrected chi connectivity index (χ4v) is 2.49. The molecular weight excluding hydrogens is 254 g/mol. The van der Waals surface area contributed by atoms with E-state index in [2.05, 4.69) is 6.92 Å². The van der Waals surface area contributed by atoms with E-state index < -0.39 is 5.97 Å². The van der Waals surface area contributed by atoms with Crippen molar-refractivity contribution in [2.75, 3.05) is 0 Å². The first kappa shape index (κ1) is 14.3. The van der Waals surface area contributed by atoms with Crippen LogP contribution in [0.2, 0.25) is 0 Å². The topological polar surface area (TPSA) is 59.3 Å². The Kier molecular flexibility index (Phi) is 4.23. The third kappa shape index (κ3) is 2.46. The number of carboxylic acid groups (broad SMARTS) is 1. The number of hydrogen-bond donors (Lipinski definition) is 1. The number of hydrogen-bond acceptors (Lipinski definition) is 2. The van der Waals surface area contributed by atoms with Gasteiger partial charge in [-0.2, -0.15) is 0 Å².